The number of anilines is 1. The van der Waals surface area contributed by atoms with Gasteiger partial charge < -0.3 is 19.7 Å². The number of benzene rings is 3. The van der Waals surface area contributed by atoms with Gasteiger partial charge in [-0.25, -0.2) is 8.42 Å². The summed E-state index contributed by atoms with van der Waals surface area (Å²) in [6, 6.07) is 20.3. The van der Waals surface area contributed by atoms with Crippen LogP contribution in [0.15, 0.2) is 72.8 Å². The van der Waals surface area contributed by atoms with Gasteiger partial charge >= 0.3 is 0 Å². The van der Waals surface area contributed by atoms with Crippen LogP contribution in [0.2, 0.25) is 5.02 Å². The second-order valence-electron chi connectivity index (χ2n) is 10.7. The van der Waals surface area contributed by atoms with Crippen LogP contribution in [0, 0.1) is 0 Å². The van der Waals surface area contributed by atoms with Crippen molar-refractivity contribution in [3.05, 3.63) is 88.9 Å². The Labute approximate surface area is 258 Å². The molecule has 0 aromatic heterocycles. The minimum Gasteiger partial charge on any atom is -0.497 e. The SMILES string of the molecule is COc1ccc(OC)c(N(CC(=O)N(Cc2cccc(Cl)c2)[C@H](Cc2ccccc2)C(=O)NC2CCCC2)S(C)(=O)=O)c1. The third-order valence-corrected chi connectivity index (χ3v) is 8.91. The fourth-order valence-corrected chi connectivity index (χ4v) is 6.40. The normalized spacial score (nSPS) is 14.1. The van der Waals surface area contributed by atoms with Gasteiger partial charge in [0.1, 0.15) is 24.1 Å². The number of amides is 2. The summed E-state index contributed by atoms with van der Waals surface area (Å²) in [6.45, 7) is -0.521. The lowest BCUT2D eigenvalue weighted by Crippen LogP contribution is -2.54. The zero-order chi connectivity index (χ0) is 31.0. The summed E-state index contributed by atoms with van der Waals surface area (Å²) in [7, 11) is -1.10. The predicted molar refractivity (Wildman–Crippen MR) is 168 cm³/mol. The molecule has 1 aliphatic carbocycles. The number of methoxy groups -OCH3 is 2. The van der Waals surface area contributed by atoms with Crippen molar-refractivity contribution in [2.45, 2.75) is 50.7 Å². The van der Waals surface area contributed by atoms with Gasteiger partial charge in [-0.2, -0.15) is 0 Å². The van der Waals surface area contributed by atoms with Gasteiger partial charge in [0, 0.05) is 30.1 Å². The number of halogens is 1. The van der Waals surface area contributed by atoms with Crippen LogP contribution in [0.25, 0.3) is 0 Å². The quantitative estimate of drug-likeness (QED) is 0.291. The Morgan fingerprint density at radius 3 is 2.28 bits per heavy atom. The molecule has 230 valence electrons. The molecule has 0 spiro atoms. The van der Waals surface area contributed by atoms with Crippen molar-refractivity contribution in [1.82, 2.24) is 10.2 Å². The van der Waals surface area contributed by atoms with Gasteiger partial charge in [0.05, 0.1) is 26.2 Å². The lowest BCUT2D eigenvalue weighted by molar-refractivity contribution is -0.140. The standard InChI is InChI=1S/C32H38ClN3O6S/c1-41-27-16-17-30(42-2)28(20-27)36(43(3,39)40)22-31(37)35(21-24-12-9-13-25(33)18-24)29(19-23-10-5-4-6-11-23)32(38)34-26-14-7-8-15-26/h4-6,9-13,16-18,20,26,29H,7-8,14-15,19,21-22H2,1-3H3,(H,34,38)/t29-/m1/s1. The number of nitrogens with zero attached hydrogens (tertiary/aromatic N) is 2. The van der Waals surface area contributed by atoms with Gasteiger partial charge in [0.2, 0.25) is 21.8 Å². The van der Waals surface area contributed by atoms with E-state index in [1.165, 1.54) is 25.2 Å². The second kappa shape index (κ2) is 14.6. The van der Waals surface area contributed by atoms with Gasteiger partial charge in [0.15, 0.2) is 0 Å². The van der Waals surface area contributed by atoms with E-state index < -0.39 is 28.5 Å². The average molecular weight is 628 g/mol. The van der Waals surface area contributed by atoms with Gasteiger partial charge in [0.25, 0.3) is 0 Å². The molecule has 0 radical (unpaired) electrons. The van der Waals surface area contributed by atoms with E-state index in [2.05, 4.69) is 5.32 Å². The number of rotatable bonds is 13. The molecule has 0 aliphatic heterocycles. The fraction of sp³-hybridized carbons (Fsp3) is 0.375. The summed E-state index contributed by atoms with van der Waals surface area (Å²) in [5.41, 5.74) is 1.72. The predicted octanol–water partition coefficient (Wildman–Crippen LogP) is 4.82. The van der Waals surface area contributed by atoms with E-state index >= 15 is 0 Å². The number of nitrogens with one attached hydrogen (secondary N) is 1. The first-order chi connectivity index (χ1) is 20.6. The van der Waals surface area contributed by atoms with Crippen LogP contribution in [0.3, 0.4) is 0 Å². The zero-order valence-corrected chi connectivity index (χ0v) is 26.2. The molecule has 1 fully saturated rings. The van der Waals surface area contributed by atoms with Crippen LogP contribution in [0.4, 0.5) is 5.69 Å². The summed E-state index contributed by atoms with van der Waals surface area (Å²) < 4.78 is 38.0. The molecule has 0 saturated heterocycles. The molecule has 1 aliphatic rings. The van der Waals surface area contributed by atoms with Crippen molar-refractivity contribution in [2.75, 3.05) is 31.3 Å². The molecule has 43 heavy (non-hydrogen) atoms. The summed E-state index contributed by atoms with van der Waals surface area (Å²) >= 11 is 6.28. The van der Waals surface area contributed by atoms with E-state index in [0.29, 0.717) is 16.3 Å². The van der Waals surface area contributed by atoms with Crippen molar-refractivity contribution in [3.8, 4) is 11.5 Å². The molecule has 1 N–H and O–H groups in total. The number of ether oxygens (including phenoxy) is 2. The Bertz CT molecular complexity index is 1510. The molecular formula is C32H38ClN3O6S. The monoisotopic (exact) mass is 627 g/mol. The van der Waals surface area contributed by atoms with Crippen molar-refractivity contribution in [2.24, 2.45) is 0 Å². The maximum Gasteiger partial charge on any atom is 0.244 e. The highest BCUT2D eigenvalue weighted by molar-refractivity contribution is 7.92. The Hall–Kier alpha value is -3.76. The third kappa shape index (κ3) is 8.64. The van der Waals surface area contributed by atoms with Crippen LogP contribution in [-0.4, -0.2) is 64.2 Å². The highest BCUT2D eigenvalue weighted by Crippen LogP contribution is 2.34. The van der Waals surface area contributed by atoms with Crippen molar-refractivity contribution in [3.63, 3.8) is 0 Å². The fourth-order valence-electron chi connectivity index (χ4n) is 5.34. The van der Waals surface area contributed by atoms with Crippen molar-refractivity contribution in [1.29, 1.82) is 0 Å². The smallest absolute Gasteiger partial charge is 0.244 e. The molecule has 1 saturated carbocycles. The molecule has 0 unspecified atom stereocenters. The molecule has 11 heteroatoms. The summed E-state index contributed by atoms with van der Waals surface area (Å²) in [5, 5.41) is 3.64. The van der Waals surface area contributed by atoms with E-state index in [-0.39, 0.29) is 36.4 Å². The second-order valence-corrected chi connectivity index (χ2v) is 13.0. The molecule has 2 amide bonds. The lowest BCUT2D eigenvalue weighted by Gasteiger charge is -2.34. The van der Waals surface area contributed by atoms with Crippen LogP contribution < -0.4 is 19.1 Å². The first kappa shape index (κ1) is 32.2. The first-order valence-electron chi connectivity index (χ1n) is 14.2. The van der Waals surface area contributed by atoms with Crippen LogP contribution in [0.5, 0.6) is 11.5 Å². The van der Waals surface area contributed by atoms with Crippen molar-refractivity contribution >= 4 is 39.1 Å². The topological polar surface area (TPSA) is 105 Å². The largest absolute Gasteiger partial charge is 0.497 e. The Morgan fingerprint density at radius 1 is 0.953 bits per heavy atom. The highest BCUT2D eigenvalue weighted by Gasteiger charge is 2.35. The molecule has 4 rings (SSSR count). The lowest BCUT2D eigenvalue weighted by atomic mass is 10.0. The molecule has 3 aromatic carbocycles. The number of hydrogen-bond acceptors (Lipinski definition) is 6. The maximum atomic E-state index is 14.3. The van der Waals surface area contributed by atoms with Crippen LogP contribution in [0.1, 0.15) is 36.8 Å². The molecule has 9 nitrogen and oxygen atoms in total. The Kier molecular flexibility index (Phi) is 10.9. The van der Waals surface area contributed by atoms with E-state index in [4.69, 9.17) is 21.1 Å². The summed E-state index contributed by atoms with van der Waals surface area (Å²) in [5.74, 6) is -0.195. The van der Waals surface area contributed by atoms with Crippen LogP contribution in [-0.2, 0) is 32.6 Å². The van der Waals surface area contributed by atoms with Gasteiger partial charge in [-0.05, 0) is 48.2 Å². The Morgan fingerprint density at radius 2 is 1.65 bits per heavy atom. The molecule has 1 atom stereocenters. The van der Waals surface area contributed by atoms with E-state index in [0.717, 1.165) is 41.8 Å². The summed E-state index contributed by atoms with van der Waals surface area (Å²) in [6.07, 6.45) is 5.09. The maximum absolute atomic E-state index is 14.3. The van der Waals surface area contributed by atoms with Gasteiger partial charge in [-0.3, -0.25) is 13.9 Å². The Balaban J connectivity index is 1.76. The third-order valence-electron chi connectivity index (χ3n) is 7.55. The van der Waals surface area contributed by atoms with Gasteiger partial charge in [-0.15, -0.1) is 0 Å². The van der Waals surface area contributed by atoms with Crippen LogP contribution >= 0.6 is 11.6 Å². The molecular weight excluding hydrogens is 590 g/mol. The van der Waals surface area contributed by atoms with E-state index in [1.54, 1.807) is 30.3 Å². The minimum absolute atomic E-state index is 0.0301. The summed E-state index contributed by atoms with van der Waals surface area (Å²) in [4.78, 5) is 29.7. The first-order valence-corrected chi connectivity index (χ1v) is 16.4. The average Bonchev–Trinajstić information content (AvgIpc) is 3.50. The van der Waals surface area contributed by atoms with Gasteiger partial charge in [-0.1, -0.05) is 66.9 Å². The molecule has 0 bridgehead atoms. The molecule has 0 heterocycles. The highest BCUT2D eigenvalue weighted by atomic mass is 35.5. The number of carbonyl (C=O) groups excluding carboxylic acids is 2. The van der Waals surface area contributed by atoms with E-state index in [9.17, 15) is 18.0 Å². The number of carbonyl (C=O) groups is 2. The minimum atomic E-state index is -3.98. The molecule has 3 aromatic rings. The zero-order valence-electron chi connectivity index (χ0n) is 24.7. The number of hydrogen-bond donors (Lipinski definition) is 1. The van der Waals surface area contributed by atoms with Crippen molar-refractivity contribution < 1.29 is 27.5 Å². The number of sulfonamides is 1. The van der Waals surface area contributed by atoms with E-state index in [1.807, 2.05) is 36.4 Å².